The highest BCUT2D eigenvalue weighted by Crippen LogP contribution is 2.20. The molecule has 1 aliphatic rings. The lowest BCUT2D eigenvalue weighted by molar-refractivity contribution is 0.597. The summed E-state index contributed by atoms with van der Waals surface area (Å²) in [4.78, 5) is 0.905. The highest BCUT2D eigenvalue weighted by Gasteiger charge is 2.28. The summed E-state index contributed by atoms with van der Waals surface area (Å²) in [5.74, 6) is 0. The Hall–Kier alpha value is -1.55. The first-order valence-electron chi connectivity index (χ1n) is 5.10. The van der Waals surface area contributed by atoms with E-state index in [2.05, 4.69) is 0 Å². The minimum absolute atomic E-state index is 0.453. The van der Waals surface area contributed by atoms with E-state index in [0.29, 0.717) is 17.1 Å². The molecule has 2 aromatic rings. The van der Waals surface area contributed by atoms with Gasteiger partial charge in [0.2, 0.25) is 9.84 Å². The predicted molar refractivity (Wildman–Crippen MR) is 64.8 cm³/mol. The average Bonchev–Trinajstić information content (AvgIpc) is 2.29. The van der Waals surface area contributed by atoms with Crippen LogP contribution in [0.3, 0.4) is 0 Å². The van der Waals surface area contributed by atoms with Crippen molar-refractivity contribution in [2.24, 2.45) is 0 Å². The Kier molecular flexibility index (Phi) is 1.95. The van der Waals surface area contributed by atoms with E-state index in [0.717, 1.165) is 10.9 Å². The second-order valence-corrected chi connectivity index (χ2v) is 5.78. The zero-order valence-electron chi connectivity index (χ0n) is 8.55. The molecule has 0 amide bonds. The quantitative estimate of drug-likeness (QED) is 0.516. The average molecular weight is 228 g/mol. The standard InChI is InChI=1S/C12H9BO2S/c14-16(15)11-7-3-1-5-9(11)13-10-6-2-4-8-12(10)16/h1-8,13H. The SMILES string of the molecule is O=S1(=O)c2ccccc2Bc2ccccc21. The fourth-order valence-corrected chi connectivity index (χ4v) is 3.87. The molecule has 0 radical (unpaired) electrons. The molecule has 0 unspecified atom stereocenters. The van der Waals surface area contributed by atoms with Gasteiger partial charge in [-0.3, -0.25) is 0 Å². The van der Waals surface area contributed by atoms with Crippen molar-refractivity contribution in [3.05, 3.63) is 48.5 Å². The van der Waals surface area contributed by atoms with E-state index in [1.807, 2.05) is 24.3 Å². The molecule has 0 atom stereocenters. The molecule has 2 nitrogen and oxygen atoms in total. The minimum atomic E-state index is -3.30. The van der Waals surface area contributed by atoms with Gasteiger partial charge in [-0.1, -0.05) is 47.3 Å². The van der Waals surface area contributed by atoms with Gasteiger partial charge >= 0.3 is 0 Å². The lowest BCUT2D eigenvalue weighted by Gasteiger charge is -2.18. The van der Waals surface area contributed by atoms with Gasteiger partial charge in [0.05, 0.1) is 9.79 Å². The Morgan fingerprint density at radius 3 is 1.69 bits per heavy atom. The largest absolute Gasteiger partial charge is 0.219 e. The van der Waals surface area contributed by atoms with Gasteiger partial charge in [0.1, 0.15) is 0 Å². The normalized spacial score (nSPS) is 15.8. The number of benzene rings is 2. The van der Waals surface area contributed by atoms with Crippen LogP contribution in [0.1, 0.15) is 0 Å². The first-order chi connectivity index (χ1) is 7.69. The van der Waals surface area contributed by atoms with E-state index < -0.39 is 9.84 Å². The lowest BCUT2D eigenvalue weighted by atomic mass is 9.64. The second kappa shape index (κ2) is 3.22. The van der Waals surface area contributed by atoms with E-state index in [9.17, 15) is 8.42 Å². The molecule has 3 rings (SSSR count). The molecule has 0 spiro atoms. The smallest absolute Gasteiger partial charge is 0.205 e. The van der Waals surface area contributed by atoms with Crippen LogP contribution in [-0.2, 0) is 9.84 Å². The molecule has 0 aromatic heterocycles. The Bertz CT molecular complexity index is 611. The molecular weight excluding hydrogens is 219 g/mol. The molecule has 1 aliphatic heterocycles. The molecule has 16 heavy (non-hydrogen) atoms. The van der Waals surface area contributed by atoms with Crippen molar-refractivity contribution in [1.82, 2.24) is 0 Å². The van der Waals surface area contributed by atoms with Crippen LogP contribution in [0.2, 0.25) is 0 Å². The molecule has 0 aliphatic carbocycles. The Balaban J connectivity index is 2.37. The topological polar surface area (TPSA) is 34.1 Å². The van der Waals surface area contributed by atoms with Crippen molar-refractivity contribution in [3.8, 4) is 0 Å². The molecule has 2 aromatic carbocycles. The van der Waals surface area contributed by atoms with E-state index in [1.165, 1.54) is 0 Å². The first-order valence-corrected chi connectivity index (χ1v) is 6.59. The van der Waals surface area contributed by atoms with Crippen molar-refractivity contribution in [3.63, 3.8) is 0 Å². The number of sulfone groups is 1. The highest BCUT2D eigenvalue weighted by atomic mass is 32.2. The van der Waals surface area contributed by atoms with Crippen molar-refractivity contribution >= 4 is 28.0 Å². The second-order valence-electron chi connectivity index (χ2n) is 3.90. The highest BCUT2D eigenvalue weighted by molar-refractivity contribution is 7.92. The molecular formula is C12H9BO2S. The maximum Gasteiger partial charge on any atom is 0.205 e. The van der Waals surface area contributed by atoms with Gasteiger partial charge in [-0.25, -0.2) is 8.42 Å². The van der Waals surface area contributed by atoms with E-state index in [1.54, 1.807) is 24.3 Å². The van der Waals surface area contributed by atoms with E-state index in [4.69, 9.17) is 0 Å². The van der Waals surface area contributed by atoms with Gasteiger partial charge in [0.15, 0.2) is 7.28 Å². The molecule has 0 bridgehead atoms. The molecule has 0 N–H and O–H groups in total. The molecule has 4 heteroatoms. The van der Waals surface area contributed by atoms with Crippen LogP contribution >= 0.6 is 0 Å². The first kappa shape index (κ1) is 9.66. The fraction of sp³-hybridized carbons (Fsp3) is 0. The predicted octanol–water partition coefficient (Wildman–Crippen LogP) is 0.220. The number of fused-ring (bicyclic) bond motifs is 2. The van der Waals surface area contributed by atoms with Crippen LogP contribution in [0.5, 0.6) is 0 Å². The maximum atomic E-state index is 12.3. The van der Waals surface area contributed by atoms with Crippen LogP contribution in [0.25, 0.3) is 0 Å². The molecule has 0 saturated heterocycles. The monoisotopic (exact) mass is 228 g/mol. The summed E-state index contributed by atoms with van der Waals surface area (Å²) in [6, 6.07) is 14.4. The third-order valence-corrected chi connectivity index (χ3v) is 4.86. The van der Waals surface area contributed by atoms with E-state index >= 15 is 0 Å². The fourth-order valence-electron chi connectivity index (χ4n) is 2.15. The Morgan fingerprint density at radius 1 is 0.750 bits per heavy atom. The maximum absolute atomic E-state index is 12.3. The number of rotatable bonds is 0. The zero-order chi connectivity index (χ0) is 11.2. The van der Waals surface area contributed by atoms with Crippen molar-refractivity contribution < 1.29 is 8.42 Å². The molecule has 1 heterocycles. The van der Waals surface area contributed by atoms with Crippen molar-refractivity contribution in [2.45, 2.75) is 9.79 Å². The van der Waals surface area contributed by atoms with Gasteiger partial charge in [-0.15, -0.1) is 0 Å². The summed E-state index contributed by atoms with van der Waals surface area (Å²) in [6.07, 6.45) is 0. The number of hydrogen-bond donors (Lipinski definition) is 0. The van der Waals surface area contributed by atoms with Gasteiger partial charge in [-0.2, -0.15) is 0 Å². The summed E-state index contributed by atoms with van der Waals surface area (Å²) in [5, 5.41) is 0. The van der Waals surface area contributed by atoms with Crippen LogP contribution in [0.4, 0.5) is 0 Å². The van der Waals surface area contributed by atoms with Crippen molar-refractivity contribution in [2.75, 3.05) is 0 Å². The van der Waals surface area contributed by atoms with Crippen molar-refractivity contribution in [1.29, 1.82) is 0 Å². The number of hydrogen-bond acceptors (Lipinski definition) is 2. The van der Waals surface area contributed by atoms with Gasteiger partial charge < -0.3 is 0 Å². The van der Waals surface area contributed by atoms with Crippen LogP contribution < -0.4 is 10.9 Å². The van der Waals surface area contributed by atoms with Gasteiger partial charge in [-0.05, 0) is 12.1 Å². The van der Waals surface area contributed by atoms with Crippen LogP contribution in [-0.4, -0.2) is 15.7 Å². The van der Waals surface area contributed by atoms with Crippen LogP contribution in [0, 0.1) is 0 Å². The Morgan fingerprint density at radius 2 is 1.19 bits per heavy atom. The Labute approximate surface area is 95.1 Å². The third kappa shape index (κ3) is 1.23. The summed E-state index contributed by atoms with van der Waals surface area (Å²) in [5.41, 5.74) is 1.78. The summed E-state index contributed by atoms with van der Waals surface area (Å²) < 4.78 is 24.6. The summed E-state index contributed by atoms with van der Waals surface area (Å²) in [7, 11) is -2.60. The summed E-state index contributed by atoms with van der Waals surface area (Å²) in [6.45, 7) is 0. The molecule has 0 fully saturated rings. The molecule has 0 saturated carbocycles. The van der Waals surface area contributed by atoms with Gasteiger partial charge in [0, 0.05) is 0 Å². The zero-order valence-corrected chi connectivity index (χ0v) is 9.37. The minimum Gasteiger partial charge on any atom is -0.219 e. The van der Waals surface area contributed by atoms with Crippen LogP contribution in [0.15, 0.2) is 58.3 Å². The molecule has 78 valence electrons. The third-order valence-electron chi connectivity index (χ3n) is 2.91. The summed E-state index contributed by atoms with van der Waals surface area (Å²) >= 11 is 0. The van der Waals surface area contributed by atoms with Gasteiger partial charge in [0.25, 0.3) is 0 Å². The van der Waals surface area contributed by atoms with E-state index in [-0.39, 0.29) is 0 Å². The lowest BCUT2D eigenvalue weighted by Crippen LogP contribution is -2.39.